The zero-order valence-corrected chi connectivity index (χ0v) is 18.2. The maximum Gasteiger partial charge on any atom is 0.416 e. The van der Waals surface area contributed by atoms with E-state index in [-0.39, 0.29) is 36.0 Å². The van der Waals surface area contributed by atoms with Gasteiger partial charge in [0.25, 0.3) is 0 Å². The first-order valence-electron chi connectivity index (χ1n) is 11.3. The Bertz CT molecular complexity index is 1020. The number of alkyl halides is 3. The molecule has 2 N–H and O–H groups in total. The van der Waals surface area contributed by atoms with E-state index in [1.165, 1.54) is 12.1 Å². The Morgan fingerprint density at radius 1 is 1.27 bits per heavy atom. The van der Waals surface area contributed by atoms with Crippen molar-refractivity contribution in [2.45, 2.75) is 68.6 Å². The number of carbonyl (C=O) groups excluding carboxylic acids is 2. The second-order valence-corrected chi connectivity index (χ2v) is 9.66. The minimum atomic E-state index is -4.50. The molecule has 1 aromatic rings. The lowest BCUT2D eigenvalue weighted by Crippen LogP contribution is -2.57. The van der Waals surface area contributed by atoms with Crippen LogP contribution in [-0.4, -0.2) is 69.8 Å². The quantitative estimate of drug-likeness (QED) is 0.723. The fraction of sp³-hybridized carbons (Fsp3) is 0.609. The summed E-state index contributed by atoms with van der Waals surface area (Å²) in [7, 11) is 0. The highest BCUT2D eigenvalue weighted by molar-refractivity contribution is 5.87. The highest BCUT2D eigenvalue weighted by atomic mass is 19.4. The molecular formula is C23H26F3N5O2. The topological polar surface area (TPSA) is 93.7 Å². The molecule has 3 heterocycles. The molecule has 1 saturated carbocycles. The van der Waals surface area contributed by atoms with Gasteiger partial charge in [-0.2, -0.15) is 18.4 Å². The van der Waals surface area contributed by atoms with Crippen molar-refractivity contribution >= 4 is 11.8 Å². The number of piperazine rings is 1. The van der Waals surface area contributed by atoms with Gasteiger partial charge in [0.05, 0.1) is 29.8 Å². The van der Waals surface area contributed by atoms with Gasteiger partial charge in [-0.3, -0.25) is 14.5 Å². The molecular weight excluding hydrogens is 435 g/mol. The average molecular weight is 461 g/mol. The standard InChI is InChI=1S/C23H26F3N5O2/c1-12(16-4-2-3-5-17(16)23(24,25)26)30-15-8-20(22(30)33)29(10-15)11-18(28)21(32)31-14(9-27)6-13-7-19(13)31/h2-5,12-15,18-20H,6-8,10-11,28H2,1H3/t12-,13-,14+,15+,18+,19+,20+/m1/s1. The van der Waals surface area contributed by atoms with Gasteiger partial charge in [0.2, 0.25) is 11.8 Å². The number of hydrogen-bond donors (Lipinski definition) is 1. The van der Waals surface area contributed by atoms with Crippen molar-refractivity contribution in [1.29, 1.82) is 5.26 Å². The first kappa shape index (κ1) is 22.2. The molecule has 2 bridgehead atoms. The third kappa shape index (κ3) is 3.58. The van der Waals surface area contributed by atoms with Gasteiger partial charge in [-0.25, -0.2) is 0 Å². The van der Waals surface area contributed by atoms with E-state index in [2.05, 4.69) is 6.07 Å². The zero-order chi connectivity index (χ0) is 23.7. The third-order valence-electron chi connectivity index (χ3n) is 7.70. The maximum absolute atomic E-state index is 13.5. The van der Waals surface area contributed by atoms with Crippen molar-refractivity contribution < 1.29 is 22.8 Å². The average Bonchev–Trinajstić information content (AvgIpc) is 3.11. The van der Waals surface area contributed by atoms with Crippen LogP contribution in [0.4, 0.5) is 13.2 Å². The molecule has 2 amide bonds. The number of likely N-dealkylation sites (tertiary alicyclic amines) is 3. The van der Waals surface area contributed by atoms with Crippen molar-refractivity contribution in [2.75, 3.05) is 13.1 Å². The molecule has 176 valence electrons. The van der Waals surface area contributed by atoms with Crippen LogP contribution in [0.2, 0.25) is 0 Å². The van der Waals surface area contributed by atoms with E-state index >= 15 is 0 Å². The van der Waals surface area contributed by atoms with Crippen LogP contribution >= 0.6 is 0 Å². The first-order valence-corrected chi connectivity index (χ1v) is 11.3. The molecule has 0 unspecified atom stereocenters. The molecule has 3 aliphatic heterocycles. The van der Waals surface area contributed by atoms with E-state index in [0.29, 0.717) is 25.3 Å². The number of piperidine rings is 1. The normalized spacial score (nSPS) is 32.6. The minimum absolute atomic E-state index is 0.0832. The number of fused-ring (bicyclic) bond motifs is 3. The van der Waals surface area contributed by atoms with Crippen LogP contribution in [0.15, 0.2) is 24.3 Å². The van der Waals surface area contributed by atoms with Crippen LogP contribution in [0.3, 0.4) is 0 Å². The summed E-state index contributed by atoms with van der Waals surface area (Å²) in [5.74, 6) is -0.0930. The molecule has 0 radical (unpaired) electrons. The highest BCUT2D eigenvalue weighted by Crippen LogP contribution is 2.48. The fourth-order valence-corrected chi connectivity index (χ4v) is 6.08. The summed E-state index contributed by atoms with van der Waals surface area (Å²) in [6.07, 6.45) is -2.38. The number of carbonyl (C=O) groups is 2. The number of halogens is 3. The first-order chi connectivity index (χ1) is 15.6. The summed E-state index contributed by atoms with van der Waals surface area (Å²) in [6.45, 7) is 2.28. The van der Waals surface area contributed by atoms with Gasteiger partial charge < -0.3 is 15.5 Å². The van der Waals surface area contributed by atoms with Gasteiger partial charge in [-0.05, 0) is 43.7 Å². The molecule has 10 heteroatoms. The molecule has 4 aliphatic rings. The van der Waals surface area contributed by atoms with Crippen molar-refractivity contribution in [2.24, 2.45) is 11.7 Å². The number of rotatable bonds is 5. The second-order valence-electron chi connectivity index (χ2n) is 9.66. The molecule has 0 aromatic heterocycles. The van der Waals surface area contributed by atoms with Crippen molar-refractivity contribution in [1.82, 2.24) is 14.7 Å². The Balaban J connectivity index is 1.26. The summed E-state index contributed by atoms with van der Waals surface area (Å²) < 4.78 is 40.5. The zero-order valence-electron chi connectivity index (χ0n) is 18.2. The lowest BCUT2D eigenvalue weighted by atomic mass is 9.99. The second kappa shape index (κ2) is 7.71. The predicted molar refractivity (Wildman–Crippen MR) is 111 cm³/mol. The Kier molecular flexibility index (Phi) is 5.18. The molecule has 7 nitrogen and oxygen atoms in total. The van der Waals surface area contributed by atoms with Crippen LogP contribution in [-0.2, 0) is 15.8 Å². The molecule has 4 fully saturated rings. The lowest BCUT2D eigenvalue weighted by Gasteiger charge is -2.39. The summed E-state index contributed by atoms with van der Waals surface area (Å²) in [4.78, 5) is 31.1. The van der Waals surface area contributed by atoms with Gasteiger partial charge in [0.15, 0.2) is 0 Å². The van der Waals surface area contributed by atoms with Crippen LogP contribution in [0, 0.1) is 17.2 Å². The largest absolute Gasteiger partial charge is 0.416 e. The van der Waals surface area contributed by atoms with Crippen LogP contribution in [0.25, 0.3) is 0 Å². The van der Waals surface area contributed by atoms with E-state index in [4.69, 9.17) is 5.73 Å². The number of amides is 2. The van der Waals surface area contributed by atoms with Crippen molar-refractivity contribution in [3.63, 3.8) is 0 Å². The molecule has 3 saturated heterocycles. The molecule has 1 aliphatic carbocycles. The van der Waals surface area contributed by atoms with Crippen LogP contribution < -0.4 is 5.73 Å². The van der Waals surface area contributed by atoms with Gasteiger partial charge in [-0.15, -0.1) is 0 Å². The lowest BCUT2D eigenvalue weighted by molar-refractivity contribution is -0.143. The van der Waals surface area contributed by atoms with E-state index < -0.39 is 35.9 Å². The molecule has 1 aromatic carbocycles. The number of benzene rings is 1. The molecule has 33 heavy (non-hydrogen) atoms. The maximum atomic E-state index is 13.5. The van der Waals surface area contributed by atoms with E-state index in [1.54, 1.807) is 22.8 Å². The summed E-state index contributed by atoms with van der Waals surface area (Å²) >= 11 is 0. The smallest absolute Gasteiger partial charge is 0.330 e. The Morgan fingerprint density at radius 3 is 2.67 bits per heavy atom. The molecule has 7 atom stereocenters. The number of nitriles is 1. The molecule has 0 spiro atoms. The van der Waals surface area contributed by atoms with Gasteiger partial charge in [-0.1, -0.05) is 18.2 Å². The van der Waals surface area contributed by atoms with Crippen LogP contribution in [0.1, 0.15) is 43.4 Å². The van der Waals surface area contributed by atoms with Crippen molar-refractivity contribution in [3.05, 3.63) is 35.4 Å². The minimum Gasteiger partial charge on any atom is -0.330 e. The van der Waals surface area contributed by atoms with E-state index in [1.807, 2.05) is 4.90 Å². The highest BCUT2D eigenvalue weighted by Gasteiger charge is 2.56. The number of hydrogen-bond acceptors (Lipinski definition) is 5. The van der Waals surface area contributed by atoms with E-state index in [0.717, 1.165) is 12.5 Å². The summed E-state index contributed by atoms with van der Waals surface area (Å²) in [5, 5.41) is 9.34. The fourth-order valence-electron chi connectivity index (χ4n) is 6.08. The van der Waals surface area contributed by atoms with Crippen molar-refractivity contribution in [3.8, 4) is 6.07 Å². The number of nitrogens with zero attached hydrogens (tertiary/aromatic N) is 4. The van der Waals surface area contributed by atoms with Gasteiger partial charge in [0, 0.05) is 25.2 Å². The Hall–Kier alpha value is -2.64. The molecule has 5 rings (SSSR count). The Labute approximate surface area is 189 Å². The SMILES string of the molecule is C[C@H](c1ccccc1C(F)(F)F)N1C(=O)[C@@H]2C[C@H]1CN2C[C@H](N)C(=O)N1[C@H](C#N)C[C@@H]2C[C@@H]21. The van der Waals surface area contributed by atoms with Crippen LogP contribution in [0.5, 0.6) is 0 Å². The van der Waals surface area contributed by atoms with Gasteiger partial charge in [0.1, 0.15) is 6.04 Å². The predicted octanol–water partition coefficient (Wildman–Crippen LogP) is 1.89. The third-order valence-corrected chi connectivity index (χ3v) is 7.70. The van der Waals surface area contributed by atoms with E-state index in [9.17, 15) is 28.0 Å². The number of nitrogens with two attached hydrogens (primary N) is 1. The Morgan fingerprint density at radius 2 is 2.00 bits per heavy atom. The monoisotopic (exact) mass is 461 g/mol. The summed E-state index contributed by atoms with van der Waals surface area (Å²) in [6, 6.07) is 4.93. The summed E-state index contributed by atoms with van der Waals surface area (Å²) in [5.41, 5.74) is 5.57. The van der Waals surface area contributed by atoms with Gasteiger partial charge >= 0.3 is 6.18 Å².